The Balaban J connectivity index is 1.35. The number of thioether (sulfide) groups is 2. The van der Waals surface area contributed by atoms with Crippen LogP contribution in [0, 0.1) is 16.7 Å². The van der Waals surface area contributed by atoms with Crippen molar-refractivity contribution in [3.63, 3.8) is 0 Å². The van der Waals surface area contributed by atoms with E-state index in [1.165, 1.54) is 26.9 Å². The van der Waals surface area contributed by atoms with Crippen LogP contribution >= 0.6 is 35.7 Å². The van der Waals surface area contributed by atoms with Gasteiger partial charge >= 0.3 is 0 Å². The molecule has 0 saturated carbocycles. The highest BCUT2D eigenvalue weighted by atomic mass is 32.2. The average molecular weight is 780 g/mol. The number of thiocarbonyl (C=S) groups is 1. The van der Waals surface area contributed by atoms with Crippen molar-refractivity contribution >= 4 is 106 Å². The van der Waals surface area contributed by atoms with E-state index < -0.39 is 5.41 Å². The predicted octanol–water partition coefficient (Wildman–Crippen LogP) is 15.4. The normalized spacial score (nSPS) is 12.0. The summed E-state index contributed by atoms with van der Waals surface area (Å²) in [7, 11) is 0. The maximum atomic E-state index is 9.92. The van der Waals surface area contributed by atoms with E-state index in [2.05, 4.69) is 192 Å². The summed E-state index contributed by atoms with van der Waals surface area (Å²) in [6.45, 7) is 4.01. The fraction of sp³-hybridized carbons (Fsp3) is 0.120. The molecule has 3 nitrogen and oxygen atoms in total. The van der Waals surface area contributed by atoms with E-state index in [1.807, 2.05) is 20.1 Å². The number of nitriles is 1. The molecule has 0 spiro atoms. The Kier molecular flexibility index (Phi) is 10.8. The first-order chi connectivity index (χ1) is 27.3. The molecule has 0 bridgehead atoms. The van der Waals surface area contributed by atoms with Crippen molar-refractivity contribution in [2.24, 2.45) is 5.41 Å². The predicted molar refractivity (Wildman–Crippen MR) is 249 cm³/mol. The van der Waals surface area contributed by atoms with Gasteiger partial charge in [0.15, 0.2) is 0 Å². The molecular weight excluding hydrogens is 739 g/mol. The quantitative estimate of drug-likeness (QED) is 0.101. The standard InChI is InChI=1S/C50H41N3S3/c1-50(2,34-51)33-48(56-49(54)55-3)35-27-29-39(30-28-35)53(38-21-11-6-12-22-38)47-32-45-40-23-13-15-25-42(40)46(31-44(45)41-24-14-16-26-43(41)47)52(36-17-7-4-8-18-36)37-19-9-5-10-20-37/h4-32,48H,33H2,1-3H3. The average Bonchev–Trinajstić information content (AvgIpc) is 3.25. The van der Waals surface area contributed by atoms with Gasteiger partial charge in [0, 0.05) is 38.8 Å². The summed E-state index contributed by atoms with van der Waals surface area (Å²) in [5.74, 6) is 0. The van der Waals surface area contributed by atoms with Crippen LogP contribution in [0.3, 0.4) is 0 Å². The van der Waals surface area contributed by atoms with Gasteiger partial charge in [-0.2, -0.15) is 5.26 Å². The van der Waals surface area contributed by atoms with Crippen LogP contribution in [0.5, 0.6) is 0 Å². The zero-order valence-corrected chi connectivity index (χ0v) is 34.0. The van der Waals surface area contributed by atoms with Crippen LogP contribution in [0.4, 0.5) is 34.1 Å². The molecule has 274 valence electrons. The van der Waals surface area contributed by atoms with E-state index in [4.69, 9.17) is 12.2 Å². The zero-order chi connectivity index (χ0) is 38.6. The number of rotatable bonds is 10. The maximum Gasteiger partial charge on any atom is 0.104 e. The molecule has 0 fully saturated rings. The van der Waals surface area contributed by atoms with Gasteiger partial charge in [-0.05, 0) is 114 Å². The van der Waals surface area contributed by atoms with Gasteiger partial charge in [-0.25, -0.2) is 0 Å². The van der Waals surface area contributed by atoms with Crippen LogP contribution in [0.1, 0.15) is 31.1 Å². The lowest BCUT2D eigenvalue weighted by atomic mass is 9.87. The van der Waals surface area contributed by atoms with Crippen molar-refractivity contribution in [2.45, 2.75) is 25.5 Å². The lowest BCUT2D eigenvalue weighted by Crippen LogP contribution is -2.14. The number of fused-ring (bicyclic) bond motifs is 5. The summed E-state index contributed by atoms with van der Waals surface area (Å²) in [6.07, 6.45) is 2.72. The van der Waals surface area contributed by atoms with Crippen molar-refractivity contribution in [2.75, 3.05) is 16.1 Å². The van der Waals surface area contributed by atoms with Crippen molar-refractivity contribution in [3.05, 3.63) is 181 Å². The van der Waals surface area contributed by atoms with Gasteiger partial charge in [-0.1, -0.05) is 139 Å². The largest absolute Gasteiger partial charge is 0.310 e. The lowest BCUT2D eigenvalue weighted by Gasteiger charge is -2.30. The van der Waals surface area contributed by atoms with E-state index in [0.717, 1.165) is 48.6 Å². The summed E-state index contributed by atoms with van der Waals surface area (Å²) in [5.41, 5.74) is 7.26. The van der Waals surface area contributed by atoms with E-state index in [9.17, 15) is 5.26 Å². The number of anilines is 6. The number of para-hydroxylation sites is 3. The van der Waals surface area contributed by atoms with Gasteiger partial charge < -0.3 is 9.80 Å². The van der Waals surface area contributed by atoms with E-state index in [-0.39, 0.29) is 5.25 Å². The molecule has 0 saturated heterocycles. The third kappa shape index (κ3) is 7.51. The summed E-state index contributed by atoms with van der Waals surface area (Å²) < 4.78 is 0.882. The third-order valence-electron chi connectivity index (χ3n) is 10.3. The Morgan fingerprint density at radius 3 is 1.32 bits per heavy atom. The Bertz CT molecular complexity index is 2650. The number of hydrogen-bond donors (Lipinski definition) is 0. The Morgan fingerprint density at radius 1 is 0.554 bits per heavy atom. The minimum atomic E-state index is -0.480. The first-order valence-corrected chi connectivity index (χ1v) is 21.2. The van der Waals surface area contributed by atoms with Crippen LogP contribution in [0.25, 0.3) is 32.3 Å². The summed E-state index contributed by atoms with van der Waals surface area (Å²) >= 11 is 8.94. The topological polar surface area (TPSA) is 30.3 Å². The Hall–Kier alpha value is -5.58. The minimum Gasteiger partial charge on any atom is -0.310 e. The van der Waals surface area contributed by atoms with Crippen LogP contribution in [-0.2, 0) is 0 Å². The monoisotopic (exact) mass is 779 g/mol. The first kappa shape index (κ1) is 37.3. The van der Waals surface area contributed by atoms with Crippen LogP contribution in [0.2, 0.25) is 0 Å². The third-order valence-corrected chi connectivity index (χ3v) is 13.1. The van der Waals surface area contributed by atoms with Crippen LogP contribution < -0.4 is 9.80 Å². The van der Waals surface area contributed by atoms with Crippen LogP contribution in [-0.4, -0.2) is 9.78 Å². The lowest BCUT2D eigenvalue weighted by molar-refractivity contribution is 0.448. The molecule has 8 aromatic carbocycles. The fourth-order valence-corrected chi connectivity index (χ4v) is 9.71. The highest BCUT2D eigenvalue weighted by Gasteiger charge is 2.27. The van der Waals surface area contributed by atoms with E-state index >= 15 is 0 Å². The van der Waals surface area contributed by atoms with Crippen molar-refractivity contribution in [3.8, 4) is 6.07 Å². The molecule has 0 aliphatic heterocycles. The van der Waals surface area contributed by atoms with Gasteiger partial charge in [-0.3, -0.25) is 0 Å². The zero-order valence-electron chi connectivity index (χ0n) is 31.6. The van der Waals surface area contributed by atoms with Crippen molar-refractivity contribution in [1.82, 2.24) is 0 Å². The van der Waals surface area contributed by atoms with Gasteiger partial charge in [-0.15, -0.1) is 11.8 Å². The number of nitrogens with zero attached hydrogens (tertiary/aromatic N) is 3. The molecule has 0 heterocycles. The second-order valence-corrected chi connectivity index (χ2v) is 17.7. The van der Waals surface area contributed by atoms with Gasteiger partial charge in [0.2, 0.25) is 0 Å². The smallest absolute Gasteiger partial charge is 0.104 e. The minimum absolute atomic E-state index is 0.0669. The van der Waals surface area contributed by atoms with Crippen LogP contribution in [0.15, 0.2) is 176 Å². The molecule has 0 amide bonds. The molecule has 56 heavy (non-hydrogen) atoms. The SMILES string of the molecule is CSC(=S)SC(CC(C)(C)C#N)c1ccc(N(c2ccccc2)c2cc3c4ccccc4c(N(c4ccccc4)c4ccccc4)cc3c3ccccc23)cc1. The maximum absolute atomic E-state index is 9.92. The molecule has 6 heteroatoms. The van der Waals surface area contributed by atoms with Crippen molar-refractivity contribution < 1.29 is 0 Å². The van der Waals surface area contributed by atoms with E-state index in [1.54, 1.807) is 23.5 Å². The molecule has 8 aromatic rings. The Morgan fingerprint density at radius 2 is 0.929 bits per heavy atom. The highest BCUT2D eigenvalue weighted by molar-refractivity contribution is 8.47. The second-order valence-electron chi connectivity index (χ2n) is 14.5. The fourth-order valence-electron chi connectivity index (χ4n) is 7.61. The second kappa shape index (κ2) is 16.3. The molecule has 0 aromatic heterocycles. The molecule has 0 aliphatic rings. The highest BCUT2D eigenvalue weighted by Crippen LogP contribution is 2.48. The first-order valence-electron chi connectivity index (χ1n) is 18.7. The van der Waals surface area contributed by atoms with Gasteiger partial charge in [0.05, 0.1) is 22.9 Å². The molecule has 1 unspecified atom stereocenters. The molecule has 0 N–H and O–H groups in total. The van der Waals surface area contributed by atoms with E-state index in [0.29, 0.717) is 6.42 Å². The van der Waals surface area contributed by atoms with Gasteiger partial charge in [0.1, 0.15) is 3.53 Å². The number of benzene rings is 8. The molecule has 1 atom stereocenters. The molecule has 0 aliphatic carbocycles. The molecule has 8 rings (SSSR count). The summed E-state index contributed by atoms with van der Waals surface area (Å²) in [5, 5.41) is 17.1. The summed E-state index contributed by atoms with van der Waals surface area (Å²) in [6, 6.07) is 65.6. The number of hydrogen-bond acceptors (Lipinski definition) is 6. The summed E-state index contributed by atoms with van der Waals surface area (Å²) in [4.78, 5) is 4.75. The Labute approximate surface area is 343 Å². The molecular formula is C50H41N3S3. The van der Waals surface area contributed by atoms with Gasteiger partial charge in [0.25, 0.3) is 0 Å². The molecule has 0 radical (unpaired) electrons. The van der Waals surface area contributed by atoms with Crippen molar-refractivity contribution in [1.29, 1.82) is 5.26 Å².